The normalized spacial score (nSPS) is 14.4. The van der Waals surface area contributed by atoms with E-state index in [0.29, 0.717) is 12.2 Å². The fourth-order valence-corrected chi connectivity index (χ4v) is 1.78. The predicted octanol–water partition coefficient (Wildman–Crippen LogP) is 1.61. The van der Waals surface area contributed by atoms with Crippen LogP contribution < -0.4 is 4.74 Å². The van der Waals surface area contributed by atoms with E-state index in [9.17, 15) is 9.46 Å². The second kappa shape index (κ2) is 6.66. The zero-order chi connectivity index (χ0) is 11.9. The molecule has 0 saturated carbocycles. The fourth-order valence-electron chi connectivity index (χ4n) is 0.982. The molecule has 0 amide bonds. The van der Waals surface area contributed by atoms with Crippen LogP contribution in [0.4, 0.5) is 0 Å². The molecule has 5 nitrogen and oxygen atoms in total. The average Bonchev–Trinajstić information content (AvgIpc) is 2.28. The van der Waals surface area contributed by atoms with Crippen molar-refractivity contribution in [2.75, 3.05) is 19.6 Å². The van der Waals surface area contributed by atoms with Crippen LogP contribution in [0.5, 0.6) is 5.75 Å². The number of hydrogen-bond donors (Lipinski definition) is 2. The molecule has 90 valence electrons. The number of aliphatic hydroxyl groups excluding tert-OH is 1. The highest BCUT2D eigenvalue weighted by Gasteiger charge is 2.19. The maximum absolute atomic E-state index is 11.4. The second-order valence-electron chi connectivity index (χ2n) is 3.13. The third-order valence-electron chi connectivity index (χ3n) is 1.73. The highest BCUT2D eigenvalue weighted by Crippen LogP contribution is 2.41. The predicted molar refractivity (Wildman–Crippen MR) is 59.4 cm³/mol. The van der Waals surface area contributed by atoms with Gasteiger partial charge in [-0.15, -0.1) is 0 Å². The van der Waals surface area contributed by atoms with Crippen molar-refractivity contribution in [3.05, 3.63) is 30.3 Å². The minimum absolute atomic E-state index is 0.0441. The molecule has 0 aliphatic heterocycles. The van der Waals surface area contributed by atoms with Crippen molar-refractivity contribution < 1.29 is 23.8 Å². The summed E-state index contributed by atoms with van der Waals surface area (Å²) in [7, 11) is -3.72. The molecule has 0 saturated heterocycles. The molecule has 0 radical (unpaired) electrons. The van der Waals surface area contributed by atoms with Crippen LogP contribution in [0.1, 0.15) is 6.42 Å². The van der Waals surface area contributed by atoms with E-state index in [1.165, 1.54) is 0 Å². The van der Waals surface area contributed by atoms with Crippen LogP contribution in [0.2, 0.25) is 0 Å². The lowest BCUT2D eigenvalue weighted by Crippen LogP contribution is -2.03. The molecule has 6 heteroatoms. The largest absolute Gasteiger partial charge is 0.481 e. The Kier molecular flexibility index (Phi) is 5.49. The summed E-state index contributed by atoms with van der Waals surface area (Å²) in [5.41, 5.74) is 0. The van der Waals surface area contributed by atoms with E-state index in [-0.39, 0.29) is 19.6 Å². The number of benzene rings is 1. The third kappa shape index (κ3) is 5.28. The van der Waals surface area contributed by atoms with Crippen LogP contribution in [0.15, 0.2) is 30.3 Å². The van der Waals surface area contributed by atoms with E-state index in [1.807, 2.05) is 6.07 Å². The molecule has 0 aliphatic carbocycles. The first-order valence-corrected chi connectivity index (χ1v) is 6.65. The van der Waals surface area contributed by atoms with Gasteiger partial charge in [0.05, 0.1) is 6.61 Å². The third-order valence-corrected chi connectivity index (χ3v) is 2.77. The Bertz CT molecular complexity index is 340. The van der Waals surface area contributed by atoms with Gasteiger partial charge in [-0.1, -0.05) is 18.2 Å². The molecule has 16 heavy (non-hydrogen) atoms. The van der Waals surface area contributed by atoms with Crippen molar-refractivity contribution in [2.45, 2.75) is 6.42 Å². The van der Waals surface area contributed by atoms with Crippen molar-refractivity contribution in [3.8, 4) is 5.75 Å². The number of ether oxygens (including phenoxy) is 1. The van der Waals surface area contributed by atoms with Gasteiger partial charge in [0.15, 0.2) is 6.35 Å². The quantitative estimate of drug-likeness (QED) is 0.564. The fraction of sp³-hybridized carbons (Fsp3) is 0.400. The first-order valence-electron chi connectivity index (χ1n) is 4.89. The lowest BCUT2D eigenvalue weighted by molar-refractivity contribution is 0.200. The number of para-hydroxylation sites is 1. The highest BCUT2D eigenvalue weighted by molar-refractivity contribution is 7.52. The van der Waals surface area contributed by atoms with E-state index in [2.05, 4.69) is 0 Å². The molecule has 0 fully saturated rings. The summed E-state index contributed by atoms with van der Waals surface area (Å²) in [5, 5.41) is 8.49. The molecular formula is C10H15O5P. The van der Waals surface area contributed by atoms with Crippen LogP contribution in [0.25, 0.3) is 0 Å². The molecule has 1 atom stereocenters. The SMILES string of the molecule is O=P(O)(COc1ccccc1)OCCCO. The van der Waals surface area contributed by atoms with Crippen molar-refractivity contribution in [1.82, 2.24) is 0 Å². The zero-order valence-corrected chi connectivity index (χ0v) is 9.68. The van der Waals surface area contributed by atoms with Crippen molar-refractivity contribution in [2.24, 2.45) is 0 Å². The van der Waals surface area contributed by atoms with Crippen molar-refractivity contribution in [1.29, 1.82) is 0 Å². The van der Waals surface area contributed by atoms with Crippen LogP contribution in [-0.2, 0) is 9.09 Å². The van der Waals surface area contributed by atoms with Gasteiger partial charge in [0.2, 0.25) is 0 Å². The van der Waals surface area contributed by atoms with Gasteiger partial charge in [-0.2, -0.15) is 0 Å². The van der Waals surface area contributed by atoms with E-state index < -0.39 is 7.60 Å². The Labute approximate surface area is 94.2 Å². The summed E-state index contributed by atoms with van der Waals surface area (Å²) in [5.74, 6) is 0.516. The first-order chi connectivity index (χ1) is 7.64. The molecule has 0 spiro atoms. The van der Waals surface area contributed by atoms with Crippen LogP contribution in [0.3, 0.4) is 0 Å². The molecule has 1 aromatic carbocycles. The van der Waals surface area contributed by atoms with Crippen molar-refractivity contribution >= 4 is 7.60 Å². The van der Waals surface area contributed by atoms with E-state index >= 15 is 0 Å². The lowest BCUT2D eigenvalue weighted by Gasteiger charge is -2.12. The molecule has 0 aliphatic rings. The van der Waals surface area contributed by atoms with Gasteiger partial charge in [0, 0.05) is 6.61 Å². The molecule has 0 bridgehead atoms. The summed E-state index contributed by atoms with van der Waals surface area (Å²) in [6.45, 7) is -0.0258. The summed E-state index contributed by atoms with van der Waals surface area (Å²) < 4.78 is 21.2. The maximum atomic E-state index is 11.4. The monoisotopic (exact) mass is 246 g/mol. The molecule has 1 aromatic rings. The molecule has 1 unspecified atom stereocenters. The average molecular weight is 246 g/mol. The van der Waals surface area contributed by atoms with E-state index in [4.69, 9.17) is 14.4 Å². The lowest BCUT2D eigenvalue weighted by atomic mass is 10.3. The molecular weight excluding hydrogens is 231 g/mol. The molecule has 1 rings (SSSR count). The highest BCUT2D eigenvalue weighted by atomic mass is 31.2. The van der Waals surface area contributed by atoms with Gasteiger partial charge >= 0.3 is 7.60 Å². The van der Waals surface area contributed by atoms with Crippen LogP contribution >= 0.6 is 7.60 Å². The standard InChI is InChI=1S/C10H15O5P/c11-7-4-8-15-16(12,13)9-14-10-5-2-1-3-6-10/h1-3,5-6,11H,4,7-9H2,(H,12,13). The van der Waals surface area contributed by atoms with Gasteiger partial charge in [-0.3, -0.25) is 4.57 Å². The molecule has 0 aromatic heterocycles. The van der Waals surface area contributed by atoms with E-state index in [0.717, 1.165) is 0 Å². The summed E-state index contributed by atoms with van der Waals surface area (Å²) in [6.07, 6.45) is -0.0572. The Balaban J connectivity index is 2.33. The Morgan fingerprint density at radius 1 is 1.25 bits per heavy atom. The maximum Gasteiger partial charge on any atom is 0.365 e. The Morgan fingerprint density at radius 2 is 1.94 bits per heavy atom. The summed E-state index contributed by atoms with van der Waals surface area (Å²) >= 11 is 0. The van der Waals surface area contributed by atoms with Crippen LogP contribution in [0, 0.1) is 0 Å². The number of aliphatic hydroxyl groups is 1. The number of hydrogen-bond acceptors (Lipinski definition) is 4. The Hall–Kier alpha value is -0.870. The van der Waals surface area contributed by atoms with Crippen molar-refractivity contribution in [3.63, 3.8) is 0 Å². The van der Waals surface area contributed by atoms with Gasteiger partial charge in [0.25, 0.3) is 0 Å². The van der Waals surface area contributed by atoms with Gasteiger partial charge < -0.3 is 19.3 Å². The summed E-state index contributed by atoms with van der Waals surface area (Å²) in [4.78, 5) is 9.33. The molecule has 2 N–H and O–H groups in total. The van der Waals surface area contributed by atoms with E-state index in [1.54, 1.807) is 24.3 Å². The summed E-state index contributed by atoms with van der Waals surface area (Å²) in [6, 6.07) is 8.74. The van der Waals surface area contributed by atoms with Gasteiger partial charge in [-0.25, -0.2) is 0 Å². The topological polar surface area (TPSA) is 76.0 Å². The molecule has 0 heterocycles. The zero-order valence-electron chi connectivity index (χ0n) is 8.78. The minimum atomic E-state index is -3.72. The second-order valence-corrected chi connectivity index (χ2v) is 4.93. The number of rotatable bonds is 7. The van der Waals surface area contributed by atoms with Gasteiger partial charge in [0.1, 0.15) is 5.75 Å². The smallest absolute Gasteiger partial charge is 0.365 e. The first kappa shape index (κ1) is 13.2. The Morgan fingerprint density at radius 3 is 2.56 bits per heavy atom. The van der Waals surface area contributed by atoms with Crippen LogP contribution in [-0.4, -0.2) is 29.6 Å². The van der Waals surface area contributed by atoms with Gasteiger partial charge in [-0.05, 0) is 18.6 Å². The minimum Gasteiger partial charge on any atom is -0.481 e.